The molecular weight excluding hydrogens is 430 g/mol. The quantitative estimate of drug-likeness (QED) is 0.414. The number of hydrogen-bond acceptors (Lipinski definition) is 5. The highest BCUT2D eigenvalue weighted by molar-refractivity contribution is 14.2. The van der Waals surface area contributed by atoms with Crippen LogP contribution in [-0.2, 0) is 9.59 Å². The zero-order valence-electron chi connectivity index (χ0n) is 12.8. The van der Waals surface area contributed by atoms with Crippen LogP contribution in [0.5, 0.6) is 0 Å². The van der Waals surface area contributed by atoms with Crippen molar-refractivity contribution in [1.29, 1.82) is 0 Å². The highest BCUT2D eigenvalue weighted by atomic mass is 127. The highest BCUT2D eigenvalue weighted by Crippen LogP contribution is 2.30. The van der Waals surface area contributed by atoms with Gasteiger partial charge in [-0.1, -0.05) is 6.92 Å². The summed E-state index contributed by atoms with van der Waals surface area (Å²) in [5.41, 5.74) is 6.75. The topological polar surface area (TPSA) is 106 Å². The molecule has 0 bridgehead atoms. The number of anilines is 2. The van der Waals surface area contributed by atoms with Gasteiger partial charge in [-0.3, -0.25) is 9.59 Å². The van der Waals surface area contributed by atoms with Crippen molar-refractivity contribution in [3.05, 3.63) is 12.4 Å². The van der Waals surface area contributed by atoms with Gasteiger partial charge in [-0.2, -0.15) is 5.10 Å². The van der Waals surface area contributed by atoms with Gasteiger partial charge in [0.05, 0.1) is 23.6 Å². The highest BCUT2D eigenvalue weighted by Gasteiger charge is 2.21. The molecule has 3 N–H and O–H groups in total. The third kappa shape index (κ3) is 3.89. The number of fused-ring (bicyclic) bond motifs is 1. The molecule has 0 radical (unpaired) electrons. The molecule has 1 unspecified atom stereocenters. The average molecular weight is 448 g/mol. The molecule has 0 aliphatic carbocycles. The lowest BCUT2D eigenvalue weighted by atomic mass is 10.2. The van der Waals surface area contributed by atoms with E-state index in [2.05, 4.69) is 37.4 Å². The zero-order chi connectivity index (χ0) is 17.0. The summed E-state index contributed by atoms with van der Waals surface area (Å²) in [6.45, 7) is 4.83. The largest absolute Gasteiger partial charge is 0.383 e. The molecule has 23 heavy (non-hydrogen) atoms. The summed E-state index contributed by atoms with van der Waals surface area (Å²) in [5, 5.41) is 7.62. The van der Waals surface area contributed by atoms with Crippen LogP contribution in [0.15, 0.2) is 12.4 Å². The fourth-order valence-electron chi connectivity index (χ4n) is 2.15. The van der Waals surface area contributed by atoms with Crippen LogP contribution >= 0.6 is 28.4 Å². The van der Waals surface area contributed by atoms with Crippen molar-refractivity contribution in [3.63, 3.8) is 0 Å². The van der Waals surface area contributed by atoms with Crippen molar-refractivity contribution in [2.75, 3.05) is 24.1 Å². The lowest BCUT2D eigenvalue weighted by Crippen LogP contribution is -2.40. The van der Waals surface area contributed by atoms with E-state index < -0.39 is 11.8 Å². The normalized spacial score (nSPS) is 11.3. The van der Waals surface area contributed by atoms with Gasteiger partial charge >= 0.3 is 11.8 Å². The molecular formula is C13H18IN6O2P. The van der Waals surface area contributed by atoms with E-state index >= 15 is 0 Å². The molecule has 2 rings (SSSR count). The Bertz CT molecular complexity index is 735. The predicted molar refractivity (Wildman–Crippen MR) is 101 cm³/mol. The number of nitrogens with zero attached hydrogens (tertiary/aromatic N) is 4. The summed E-state index contributed by atoms with van der Waals surface area (Å²) in [5.74, 6) is -0.916. The molecule has 2 amide bonds. The van der Waals surface area contributed by atoms with Crippen molar-refractivity contribution in [2.45, 2.75) is 20.3 Å². The average Bonchev–Trinajstić information content (AvgIpc) is 3.00. The first-order valence-electron chi connectivity index (χ1n) is 7.12. The molecule has 8 nitrogen and oxygen atoms in total. The number of aromatic nitrogens is 3. The van der Waals surface area contributed by atoms with E-state index in [1.165, 1.54) is 11.1 Å². The minimum absolute atomic E-state index is 0.339. The molecule has 0 saturated carbocycles. The van der Waals surface area contributed by atoms with Crippen LogP contribution in [0.2, 0.25) is 0 Å². The van der Waals surface area contributed by atoms with E-state index in [1.807, 2.05) is 13.8 Å². The van der Waals surface area contributed by atoms with Crippen molar-refractivity contribution < 1.29 is 9.59 Å². The van der Waals surface area contributed by atoms with E-state index in [0.717, 1.165) is 6.42 Å². The molecule has 124 valence electrons. The second kappa shape index (κ2) is 7.87. The number of nitrogen functional groups attached to an aromatic ring is 1. The Morgan fingerprint density at radius 1 is 1.48 bits per heavy atom. The van der Waals surface area contributed by atoms with Gasteiger partial charge in [0.15, 0.2) is 0 Å². The lowest BCUT2D eigenvalue weighted by Gasteiger charge is -2.19. The number of carbonyl (C=O) groups excluding carboxylic acids is 2. The lowest BCUT2D eigenvalue weighted by molar-refractivity contribution is -0.143. The fraction of sp³-hybridized carbons (Fsp3) is 0.385. The third-order valence-electron chi connectivity index (χ3n) is 3.27. The Balaban J connectivity index is 2.27. The zero-order valence-corrected chi connectivity index (χ0v) is 16.0. The number of rotatable bonds is 5. The summed E-state index contributed by atoms with van der Waals surface area (Å²) < 4.78 is 1.72. The number of hydrogen-bond donors (Lipinski definition) is 2. The standard InChI is InChI=1S/C13H18IN6O2P/c1-3-5-19(4-2)13(22)12(21)17-9-6-16-11(15)8-7-20(23-14)18-10(8)9/h6-7,23H,3-5H2,1-2H3,(H2,15,16)(H,17,21). The van der Waals surface area contributed by atoms with Gasteiger partial charge in [0.2, 0.25) is 0 Å². The van der Waals surface area contributed by atoms with Crippen molar-refractivity contribution in [1.82, 2.24) is 19.4 Å². The number of amides is 2. The minimum atomic E-state index is -0.695. The molecule has 1 atom stereocenters. The number of pyridine rings is 1. The number of nitrogens with two attached hydrogens (primary N) is 1. The third-order valence-corrected chi connectivity index (χ3v) is 5.15. The van der Waals surface area contributed by atoms with Crippen LogP contribution in [0.1, 0.15) is 20.3 Å². The molecule has 2 aromatic rings. The van der Waals surface area contributed by atoms with Crippen LogP contribution < -0.4 is 11.1 Å². The molecule has 2 aromatic heterocycles. The SMILES string of the molecule is CCCN(CC)C(=O)C(=O)Nc1cnc(N)c2cn(PI)nc12. The predicted octanol–water partition coefficient (Wildman–Crippen LogP) is 2.00. The van der Waals surface area contributed by atoms with E-state index in [0.29, 0.717) is 41.9 Å². The van der Waals surface area contributed by atoms with Gasteiger partial charge in [0.25, 0.3) is 0 Å². The Morgan fingerprint density at radius 2 is 2.22 bits per heavy atom. The maximum Gasteiger partial charge on any atom is 0.314 e. The molecule has 0 fully saturated rings. The first-order chi connectivity index (χ1) is 11.0. The van der Waals surface area contributed by atoms with Gasteiger partial charge in [0, 0.05) is 19.3 Å². The van der Waals surface area contributed by atoms with E-state index in [1.54, 1.807) is 10.6 Å². The van der Waals surface area contributed by atoms with E-state index in [-0.39, 0.29) is 0 Å². The second-order valence-electron chi connectivity index (χ2n) is 4.82. The smallest absolute Gasteiger partial charge is 0.314 e. The molecule has 0 aromatic carbocycles. The summed E-state index contributed by atoms with van der Waals surface area (Å²) in [6, 6.07) is 0. The Morgan fingerprint density at radius 3 is 2.83 bits per heavy atom. The number of likely N-dealkylation sites (N-methyl/N-ethyl adjacent to an activating group) is 1. The summed E-state index contributed by atoms with van der Waals surface area (Å²) >= 11 is 2.19. The Labute approximate surface area is 148 Å². The van der Waals surface area contributed by atoms with Crippen LogP contribution in [0, 0.1) is 0 Å². The van der Waals surface area contributed by atoms with E-state index in [4.69, 9.17) is 5.73 Å². The van der Waals surface area contributed by atoms with Crippen molar-refractivity contribution in [2.24, 2.45) is 0 Å². The van der Waals surface area contributed by atoms with Gasteiger partial charge in [0.1, 0.15) is 11.3 Å². The maximum atomic E-state index is 12.2. The van der Waals surface area contributed by atoms with E-state index in [9.17, 15) is 9.59 Å². The van der Waals surface area contributed by atoms with Gasteiger partial charge in [-0.15, -0.1) is 0 Å². The van der Waals surface area contributed by atoms with Gasteiger partial charge < -0.3 is 16.0 Å². The van der Waals surface area contributed by atoms with Gasteiger partial charge in [-0.05, 0) is 35.4 Å². The van der Waals surface area contributed by atoms with Gasteiger partial charge in [-0.25, -0.2) is 9.44 Å². The molecule has 0 saturated heterocycles. The van der Waals surface area contributed by atoms with Crippen LogP contribution in [-0.4, -0.2) is 44.3 Å². The second-order valence-corrected chi connectivity index (χ2v) is 6.89. The molecule has 2 heterocycles. The first kappa shape index (κ1) is 17.9. The molecule has 0 aliphatic heterocycles. The maximum absolute atomic E-state index is 12.2. The van der Waals surface area contributed by atoms with Crippen molar-refractivity contribution >= 4 is 62.6 Å². The molecule has 10 heteroatoms. The number of halogens is 1. The Kier molecular flexibility index (Phi) is 6.11. The monoisotopic (exact) mass is 448 g/mol. The van der Waals surface area contributed by atoms with Crippen molar-refractivity contribution in [3.8, 4) is 0 Å². The summed E-state index contributed by atoms with van der Waals surface area (Å²) in [4.78, 5) is 29.9. The molecule has 0 aliphatic rings. The van der Waals surface area contributed by atoms with Crippen LogP contribution in [0.4, 0.5) is 11.5 Å². The van der Waals surface area contributed by atoms with Crippen LogP contribution in [0.3, 0.4) is 0 Å². The fourth-order valence-corrected chi connectivity index (χ4v) is 3.21. The van der Waals surface area contributed by atoms with Crippen LogP contribution in [0.25, 0.3) is 10.9 Å². The number of nitrogens with one attached hydrogen (secondary N) is 1. The summed E-state index contributed by atoms with van der Waals surface area (Å²) in [7, 11) is 0. The Hall–Kier alpha value is -1.48. The minimum Gasteiger partial charge on any atom is -0.383 e. The number of carbonyl (C=O) groups is 2. The summed E-state index contributed by atoms with van der Waals surface area (Å²) in [6.07, 6.45) is 4.39. The first-order valence-corrected chi connectivity index (χ1v) is 11.2. The molecule has 0 spiro atoms.